The second kappa shape index (κ2) is 7.34. The standard InChI is InChI=1S/C13H19NOS/c1-3-12(9-10-16-2)14-13(15)11-7-5-4-6-8-11/h4-8,12H,3,9-10H2,1-2H3,(H,14,15)/t12-/m1/s1. The molecule has 0 radical (unpaired) electrons. The number of amides is 1. The highest BCUT2D eigenvalue weighted by Gasteiger charge is 2.10. The summed E-state index contributed by atoms with van der Waals surface area (Å²) in [5, 5.41) is 3.07. The van der Waals surface area contributed by atoms with Crippen molar-refractivity contribution in [3.05, 3.63) is 35.9 Å². The van der Waals surface area contributed by atoms with Crippen LogP contribution in [0, 0.1) is 0 Å². The number of thioether (sulfide) groups is 1. The topological polar surface area (TPSA) is 29.1 Å². The van der Waals surface area contributed by atoms with Crippen LogP contribution in [-0.4, -0.2) is 24.0 Å². The average molecular weight is 237 g/mol. The van der Waals surface area contributed by atoms with Gasteiger partial charge in [0.1, 0.15) is 0 Å². The second-order valence-corrected chi connectivity index (χ2v) is 4.71. The van der Waals surface area contributed by atoms with Crippen molar-refractivity contribution in [2.45, 2.75) is 25.8 Å². The van der Waals surface area contributed by atoms with Gasteiger partial charge in [0, 0.05) is 11.6 Å². The van der Waals surface area contributed by atoms with Gasteiger partial charge in [-0.15, -0.1) is 0 Å². The van der Waals surface area contributed by atoms with Crippen LogP contribution in [0.5, 0.6) is 0 Å². The van der Waals surface area contributed by atoms with Gasteiger partial charge in [0.15, 0.2) is 0 Å². The molecule has 0 aliphatic heterocycles. The Morgan fingerprint density at radius 3 is 2.62 bits per heavy atom. The fraction of sp³-hybridized carbons (Fsp3) is 0.462. The van der Waals surface area contributed by atoms with Crippen molar-refractivity contribution in [2.24, 2.45) is 0 Å². The van der Waals surface area contributed by atoms with E-state index < -0.39 is 0 Å². The molecule has 0 fully saturated rings. The van der Waals surface area contributed by atoms with E-state index in [0.717, 1.165) is 24.2 Å². The fourth-order valence-corrected chi connectivity index (χ4v) is 2.02. The van der Waals surface area contributed by atoms with E-state index >= 15 is 0 Å². The van der Waals surface area contributed by atoms with Crippen molar-refractivity contribution in [1.82, 2.24) is 5.32 Å². The first-order chi connectivity index (χ1) is 7.77. The summed E-state index contributed by atoms with van der Waals surface area (Å²) >= 11 is 1.82. The highest BCUT2D eigenvalue weighted by atomic mass is 32.2. The van der Waals surface area contributed by atoms with Crippen LogP contribution in [0.15, 0.2) is 30.3 Å². The molecule has 0 aliphatic rings. The van der Waals surface area contributed by atoms with Gasteiger partial charge in [-0.1, -0.05) is 25.1 Å². The zero-order valence-electron chi connectivity index (χ0n) is 9.90. The third-order valence-corrected chi connectivity index (χ3v) is 3.18. The van der Waals surface area contributed by atoms with E-state index in [0.29, 0.717) is 6.04 Å². The predicted octanol–water partition coefficient (Wildman–Crippen LogP) is 2.95. The maximum atomic E-state index is 11.9. The third-order valence-electron chi connectivity index (χ3n) is 2.53. The Labute approximate surface area is 102 Å². The van der Waals surface area contributed by atoms with Gasteiger partial charge < -0.3 is 5.32 Å². The smallest absolute Gasteiger partial charge is 0.251 e. The van der Waals surface area contributed by atoms with Crippen molar-refractivity contribution in [1.29, 1.82) is 0 Å². The van der Waals surface area contributed by atoms with Crippen LogP contribution in [0.1, 0.15) is 30.1 Å². The lowest BCUT2D eigenvalue weighted by molar-refractivity contribution is 0.0935. The van der Waals surface area contributed by atoms with Crippen LogP contribution >= 0.6 is 11.8 Å². The number of rotatable bonds is 6. The lowest BCUT2D eigenvalue weighted by Gasteiger charge is -2.16. The number of carbonyl (C=O) groups is 1. The second-order valence-electron chi connectivity index (χ2n) is 3.73. The summed E-state index contributed by atoms with van der Waals surface area (Å²) in [6, 6.07) is 9.67. The van der Waals surface area contributed by atoms with Gasteiger partial charge in [-0.2, -0.15) is 11.8 Å². The molecule has 0 heterocycles. The molecule has 0 saturated heterocycles. The zero-order valence-corrected chi connectivity index (χ0v) is 10.7. The van der Waals surface area contributed by atoms with Gasteiger partial charge in [0.2, 0.25) is 0 Å². The van der Waals surface area contributed by atoms with Crippen LogP contribution < -0.4 is 5.32 Å². The highest BCUT2D eigenvalue weighted by molar-refractivity contribution is 7.98. The molecule has 3 heteroatoms. The molecule has 0 bridgehead atoms. The maximum Gasteiger partial charge on any atom is 0.251 e. The molecular weight excluding hydrogens is 218 g/mol. The summed E-state index contributed by atoms with van der Waals surface area (Å²) in [4.78, 5) is 11.9. The van der Waals surface area contributed by atoms with Crippen molar-refractivity contribution >= 4 is 17.7 Å². The minimum Gasteiger partial charge on any atom is -0.349 e. The van der Waals surface area contributed by atoms with E-state index in [1.165, 1.54) is 0 Å². The molecule has 1 aromatic carbocycles. The Balaban J connectivity index is 2.49. The molecule has 1 aromatic rings. The van der Waals surface area contributed by atoms with Crippen molar-refractivity contribution < 1.29 is 4.79 Å². The SMILES string of the molecule is CC[C@H](CCSC)NC(=O)c1ccccc1. The Kier molecular flexibility index (Phi) is 6.01. The largest absolute Gasteiger partial charge is 0.349 e. The minimum absolute atomic E-state index is 0.0357. The van der Waals surface area contributed by atoms with E-state index in [4.69, 9.17) is 0 Å². The first kappa shape index (κ1) is 13.1. The van der Waals surface area contributed by atoms with Gasteiger partial charge in [0.05, 0.1) is 0 Å². The van der Waals surface area contributed by atoms with Crippen LogP contribution in [0.25, 0.3) is 0 Å². The lowest BCUT2D eigenvalue weighted by atomic mass is 10.1. The highest BCUT2D eigenvalue weighted by Crippen LogP contribution is 2.06. The molecule has 0 spiro atoms. The van der Waals surface area contributed by atoms with E-state index in [1.807, 2.05) is 42.1 Å². The van der Waals surface area contributed by atoms with E-state index in [1.54, 1.807) is 0 Å². The summed E-state index contributed by atoms with van der Waals surface area (Å²) < 4.78 is 0. The molecule has 0 aromatic heterocycles. The fourth-order valence-electron chi connectivity index (χ4n) is 1.50. The number of benzene rings is 1. The number of hydrogen-bond donors (Lipinski definition) is 1. The summed E-state index contributed by atoms with van der Waals surface area (Å²) in [7, 11) is 0. The lowest BCUT2D eigenvalue weighted by Crippen LogP contribution is -2.34. The average Bonchev–Trinajstić information content (AvgIpc) is 2.35. The number of carbonyl (C=O) groups excluding carboxylic acids is 1. The molecule has 0 unspecified atom stereocenters. The number of hydrogen-bond acceptors (Lipinski definition) is 2. The van der Waals surface area contributed by atoms with Crippen molar-refractivity contribution in [3.8, 4) is 0 Å². The Bertz CT molecular complexity index is 313. The molecule has 1 rings (SSSR count). The molecule has 1 N–H and O–H groups in total. The molecule has 1 amide bonds. The monoisotopic (exact) mass is 237 g/mol. The molecule has 1 atom stereocenters. The van der Waals surface area contributed by atoms with Crippen LogP contribution in [-0.2, 0) is 0 Å². The first-order valence-electron chi connectivity index (χ1n) is 5.62. The van der Waals surface area contributed by atoms with E-state index in [9.17, 15) is 4.79 Å². The summed E-state index contributed by atoms with van der Waals surface area (Å²) in [6.45, 7) is 2.11. The Hall–Kier alpha value is -0.960. The van der Waals surface area contributed by atoms with E-state index in [-0.39, 0.29) is 5.91 Å². The van der Waals surface area contributed by atoms with Gasteiger partial charge >= 0.3 is 0 Å². The summed E-state index contributed by atoms with van der Waals surface area (Å²) in [5.74, 6) is 1.13. The van der Waals surface area contributed by atoms with Crippen molar-refractivity contribution in [2.75, 3.05) is 12.0 Å². The van der Waals surface area contributed by atoms with Crippen molar-refractivity contribution in [3.63, 3.8) is 0 Å². The van der Waals surface area contributed by atoms with Crippen LogP contribution in [0.4, 0.5) is 0 Å². The van der Waals surface area contributed by atoms with Crippen LogP contribution in [0.3, 0.4) is 0 Å². The molecule has 0 saturated carbocycles. The predicted molar refractivity (Wildman–Crippen MR) is 71.0 cm³/mol. The molecule has 2 nitrogen and oxygen atoms in total. The normalized spacial score (nSPS) is 12.1. The summed E-state index contributed by atoms with van der Waals surface area (Å²) in [6.07, 6.45) is 4.11. The van der Waals surface area contributed by atoms with Gasteiger partial charge in [-0.05, 0) is 37.0 Å². The quantitative estimate of drug-likeness (QED) is 0.824. The van der Waals surface area contributed by atoms with Gasteiger partial charge in [-0.3, -0.25) is 4.79 Å². The molecule has 16 heavy (non-hydrogen) atoms. The Morgan fingerprint density at radius 2 is 2.06 bits per heavy atom. The van der Waals surface area contributed by atoms with Gasteiger partial charge in [-0.25, -0.2) is 0 Å². The maximum absolute atomic E-state index is 11.9. The first-order valence-corrected chi connectivity index (χ1v) is 7.02. The molecule has 0 aliphatic carbocycles. The minimum atomic E-state index is 0.0357. The summed E-state index contributed by atoms with van der Waals surface area (Å²) in [5.41, 5.74) is 0.741. The Morgan fingerprint density at radius 1 is 1.38 bits per heavy atom. The zero-order chi connectivity index (χ0) is 11.8. The van der Waals surface area contributed by atoms with Gasteiger partial charge in [0.25, 0.3) is 5.91 Å². The molecular formula is C13H19NOS. The third kappa shape index (κ3) is 4.27. The van der Waals surface area contributed by atoms with E-state index in [2.05, 4.69) is 18.5 Å². The molecule has 88 valence electrons. The number of nitrogens with one attached hydrogen (secondary N) is 1. The van der Waals surface area contributed by atoms with Crippen LogP contribution in [0.2, 0.25) is 0 Å².